The zero-order valence-corrected chi connectivity index (χ0v) is 14.1. The first kappa shape index (κ1) is 16.4. The highest BCUT2D eigenvalue weighted by Gasteiger charge is 2.31. The van der Waals surface area contributed by atoms with Gasteiger partial charge in [-0.25, -0.2) is 4.99 Å². The fourth-order valence-corrected chi connectivity index (χ4v) is 3.54. The molecular weight excluding hydrogens is 286 g/mol. The second-order valence-electron chi connectivity index (χ2n) is 5.30. The summed E-state index contributed by atoms with van der Waals surface area (Å²) in [5.41, 5.74) is 0.0920. The van der Waals surface area contributed by atoms with Gasteiger partial charge in [-0.05, 0) is 26.8 Å². The van der Waals surface area contributed by atoms with Crippen molar-refractivity contribution >= 4 is 17.6 Å². The molecule has 0 radical (unpaired) electrons. The van der Waals surface area contributed by atoms with Crippen molar-refractivity contribution in [2.24, 2.45) is 4.99 Å². The van der Waals surface area contributed by atoms with E-state index >= 15 is 0 Å². The van der Waals surface area contributed by atoms with Crippen molar-refractivity contribution in [2.75, 3.05) is 26.0 Å². The molecule has 2 heterocycles. The second kappa shape index (κ2) is 7.33. The lowest BCUT2D eigenvalue weighted by Crippen LogP contribution is -2.40. The van der Waals surface area contributed by atoms with Gasteiger partial charge in [0.05, 0.1) is 6.61 Å². The van der Waals surface area contributed by atoms with Crippen molar-refractivity contribution in [2.45, 2.75) is 38.5 Å². The lowest BCUT2D eigenvalue weighted by atomic mass is 10.3. The van der Waals surface area contributed by atoms with Crippen molar-refractivity contribution < 1.29 is 9.47 Å². The van der Waals surface area contributed by atoms with Crippen LogP contribution in [0.25, 0.3) is 0 Å². The van der Waals surface area contributed by atoms with Crippen LogP contribution in [0.1, 0.15) is 20.8 Å². The summed E-state index contributed by atoms with van der Waals surface area (Å²) in [6, 6.07) is 0.419. The molecule has 2 atom stereocenters. The summed E-state index contributed by atoms with van der Waals surface area (Å²) in [6.07, 6.45) is 4.05. The molecule has 0 N–H and O–H groups in total. The maximum atomic E-state index is 5.95. The number of likely N-dealkylation sites (N-methyl/N-ethyl adjacent to an activating group) is 1. The van der Waals surface area contributed by atoms with Gasteiger partial charge in [-0.2, -0.15) is 0 Å². The van der Waals surface area contributed by atoms with Crippen LogP contribution in [0, 0.1) is 0 Å². The third-order valence-electron chi connectivity index (χ3n) is 3.53. The van der Waals surface area contributed by atoms with Crippen LogP contribution in [-0.2, 0) is 9.47 Å². The lowest BCUT2D eigenvalue weighted by molar-refractivity contribution is -0.0311. The zero-order chi connectivity index (χ0) is 15.4. The summed E-state index contributed by atoms with van der Waals surface area (Å²) in [4.78, 5) is 8.89. The topological polar surface area (TPSA) is 37.3 Å². The number of aliphatic imine (C=N–C) groups is 1. The van der Waals surface area contributed by atoms with Crippen LogP contribution in [0.15, 0.2) is 29.7 Å². The van der Waals surface area contributed by atoms with Gasteiger partial charge in [0, 0.05) is 31.6 Å². The Balaban J connectivity index is 2.00. The van der Waals surface area contributed by atoms with Crippen molar-refractivity contribution in [1.82, 2.24) is 9.80 Å². The van der Waals surface area contributed by atoms with E-state index in [-0.39, 0.29) is 11.7 Å². The summed E-state index contributed by atoms with van der Waals surface area (Å²) >= 11 is 1.76. The number of amidine groups is 1. The number of methoxy groups -OCH3 is 1. The fourth-order valence-electron chi connectivity index (χ4n) is 2.49. The number of rotatable bonds is 5. The average Bonchev–Trinajstić information content (AvgIpc) is 2.88. The number of ether oxygens (including phenoxy) is 2. The summed E-state index contributed by atoms with van der Waals surface area (Å²) in [5, 5.41) is 0. The number of hydrogen-bond acceptors (Lipinski definition) is 6. The SMILES string of the molecule is C=C1N=C(N(CC)C(C)C)C=CN1[C@H]1CS[C@@H](COC)O1. The fraction of sp³-hybridized carbons (Fsp3) is 0.667. The Kier molecular flexibility index (Phi) is 5.72. The molecule has 0 amide bonds. The summed E-state index contributed by atoms with van der Waals surface area (Å²) in [7, 11) is 1.69. The molecule has 0 aromatic rings. The molecule has 0 aliphatic carbocycles. The Morgan fingerprint density at radius 2 is 2.38 bits per heavy atom. The molecule has 0 bridgehead atoms. The summed E-state index contributed by atoms with van der Waals surface area (Å²) in [5.74, 6) is 2.59. The van der Waals surface area contributed by atoms with Crippen molar-refractivity contribution in [3.05, 3.63) is 24.7 Å². The van der Waals surface area contributed by atoms with Crippen LogP contribution >= 0.6 is 11.8 Å². The van der Waals surface area contributed by atoms with E-state index in [4.69, 9.17) is 9.47 Å². The van der Waals surface area contributed by atoms with Gasteiger partial charge in [0.15, 0.2) is 0 Å². The molecule has 2 rings (SSSR count). The molecule has 118 valence electrons. The maximum Gasteiger partial charge on any atom is 0.145 e. The molecule has 0 aromatic heterocycles. The van der Waals surface area contributed by atoms with Gasteiger partial charge in [0.25, 0.3) is 0 Å². The van der Waals surface area contributed by atoms with E-state index in [0.29, 0.717) is 12.6 Å². The minimum absolute atomic E-state index is 0.0154. The van der Waals surface area contributed by atoms with Crippen LogP contribution in [0.4, 0.5) is 0 Å². The predicted molar refractivity (Wildman–Crippen MR) is 88.1 cm³/mol. The van der Waals surface area contributed by atoms with E-state index in [9.17, 15) is 0 Å². The van der Waals surface area contributed by atoms with E-state index in [2.05, 4.69) is 37.2 Å². The van der Waals surface area contributed by atoms with Crippen LogP contribution < -0.4 is 0 Å². The minimum Gasteiger partial charge on any atom is -0.381 e. The Morgan fingerprint density at radius 1 is 1.62 bits per heavy atom. The van der Waals surface area contributed by atoms with Gasteiger partial charge < -0.3 is 19.3 Å². The average molecular weight is 311 g/mol. The zero-order valence-electron chi connectivity index (χ0n) is 13.3. The third-order valence-corrected chi connectivity index (χ3v) is 4.63. The van der Waals surface area contributed by atoms with Crippen molar-refractivity contribution in [1.29, 1.82) is 0 Å². The Labute approximate surface area is 131 Å². The highest BCUT2D eigenvalue weighted by Crippen LogP contribution is 2.30. The predicted octanol–water partition coefficient (Wildman–Crippen LogP) is 2.48. The van der Waals surface area contributed by atoms with Gasteiger partial charge >= 0.3 is 0 Å². The standard InChI is InChI=1S/C15H25N3O2S/c1-6-17(11(2)3)13-7-8-18(12(4)16-13)14-10-21-15(20-14)9-19-5/h7-8,11,14-15H,4,6,9-10H2,1-3,5H3/t14-,15+/m1/s1. The summed E-state index contributed by atoms with van der Waals surface area (Å²) in [6.45, 7) is 12.1. The molecule has 0 unspecified atom stereocenters. The quantitative estimate of drug-likeness (QED) is 0.780. The molecule has 0 saturated carbocycles. The molecule has 2 aliphatic rings. The highest BCUT2D eigenvalue weighted by atomic mass is 32.2. The molecule has 21 heavy (non-hydrogen) atoms. The van der Waals surface area contributed by atoms with Crippen LogP contribution in [0.2, 0.25) is 0 Å². The van der Waals surface area contributed by atoms with Gasteiger partial charge in [-0.1, -0.05) is 6.58 Å². The van der Waals surface area contributed by atoms with E-state index < -0.39 is 0 Å². The second-order valence-corrected chi connectivity index (χ2v) is 6.49. The minimum atomic E-state index is -0.0154. The smallest absolute Gasteiger partial charge is 0.145 e. The maximum absolute atomic E-state index is 5.95. The molecule has 5 nitrogen and oxygen atoms in total. The lowest BCUT2D eigenvalue weighted by Gasteiger charge is -2.33. The Morgan fingerprint density at radius 3 is 2.95 bits per heavy atom. The van der Waals surface area contributed by atoms with Gasteiger partial charge in [-0.3, -0.25) is 0 Å². The van der Waals surface area contributed by atoms with Crippen molar-refractivity contribution in [3.8, 4) is 0 Å². The summed E-state index contributed by atoms with van der Waals surface area (Å²) < 4.78 is 11.1. The molecule has 2 aliphatic heterocycles. The normalized spacial score (nSPS) is 25.7. The first-order valence-electron chi connectivity index (χ1n) is 7.33. The van der Waals surface area contributed by atoms with E-state index in [0.717, 1.165) is 24.0 Å². The number of nitrogens with zero attached hydrogens (tertiary/aromatic N) is 3. The Hall–Kier alpha value is -0.980. The van der Waals surface area contributed by atoms with Gasteiger partial charge in [0.1, 0.15) is 23.3 Å². The third kappa shape index (κ3) is 3.81. The van der Waals surface area contributed by atoms with E-state index in [1.165, 1.54) is 0 Å². The van der Waals surface area contributed by atoms with Crippen LogP contribution in [0.3, 0.4) is 0 Å². The van der Waals surface area contributed by atoms with Crippen molar-refractivity contribution in [3.63, 3.8) is 0 Å². The van der Waals surface area contributed by atoms with Crippen LogP contribution in [-0.4, -0.2) is 59.4 Å². The highest BCUT2D eigenvalue weighted by molar-refractivity contribution is 8.00. The first-order chi connectivity index (χ1) is 10.1. The van der Waals surface area contributed by atoms with Crippen LogP contribution in [0.5, 0.6) is 0 Å². The first-order valence-corrected chi connectivity index (χ1v) is 8.38. The number of hydrogen-bond donors (Lipinski definition) is 0. The largest absolute Gasteiger partial charge is 0.381 e. The van der Waals surface area contributed by atoms with Gasteiger partial charge in [0.2, 0.25) is 0 Å². The molecule has 0 spiro atoms. The monoisotopic (exact) mass is 311 g/mol. The molecule has 1 saturated heterocycles. The Bertz CT molecular complexity index is 437. The molecular formula is C15H25N3O2S. The molecule has 0 aromatic carbocycles. The van der Waals surface area contributed by atoms with E-state index in [1.54, 1.807) is 18.9 Å². The number of thioether (sulfide) groups is 1. The molecule has 1 fully saturated rings. The van der Waals surface area contributed by atoms with E-state index in [1.807, 2.05) is 17.2 Å². The molecule has 6 heteroatoms. The van der Waals surface area contributed by atoms with Gasteiger partial charge in [-0.15, -0.1) is 11.8 Å².